The lowest BCUT2D eigenvalue weighted by Crippen LogP contribution is -2.24. The minimum absolute atomic E-state index is 1.02. The molecule has 3 heteroatoms. The second-order valence-corrected chi connectivity index (χ2v) is 5.87. The van der Waals surface area contributed by atoms with E-state index in [2.05, 4.69) is 17.2 Å². The molecule has 0 atom stereocenters. The maximum atomic E-state index is 4.47. The van der Waals surface area contributed by atoms with Crippen molar-refractivity contribution in [3.05, 3.63) is 0 Å². The van der Waals surface area contributed by atoms with E-state index in [1.807, 2.05) is 11.8 Å². The molecule has 0 radical (unpaired) electrons. The standard InChI is InChI=1S/C14H28N2S/c1-2-3-4-5-6-7-8-9-11-15-14-16-12-10-13-17-14/h2-13H2,1H3,(H,15,16). The first-order chi connectivity index (χ1) is 8.43. The molecule has 100 valence electrons. The normalized spacial score (nSPS) is 15.7. The molecule has 0 bridgehead atoms. The average molecular weight is 256 g/mol. The quantitative estimate of drug-likeness (QED) is 0.625. The van der Waals surface area contributed by atoms with Gasteiger partial charge >= 0.3 is 0 Å². The first-order valence-electron chi connectivity index (χ1n) is 7.34. The molecular formula is C14H28N2S. The third kappa shape index (κ3) is 8.53. The molecule has 0 amide bonds. The lowest BCUT2D eigenvalue weighted by molar-refractivity contribution is 0.573. The van der Waals surface area contributed by atoms with Crippen LogP contribution in [0.1, 0.15) is 64.7 Å². The predicted octanol–water partition coefficient (Wildman–Crippen LogP) is 4.21. The highest BCUT2D eigenvalue weighted by Crippen LogP contribution is 2.11. The van der Waals surface area contributed by atoms with Crippen molar-refractivity contribution in [2.45, 2.75) is 64.7 Å². The summed E-state index contributed by atoms with van der Waals surface area (Å²) in [6.45, 7) is 4.41. The van der Waals surface area contributed by atoms with Crippen LogP contribution in [-0.4, -0.2) is 24.0 Å². The van der Waals surface area contributed by atoms with Gasteiger partial charge in [-0.05, 0) is 12.8 Å². The van der Waals surface area contributed by atoms with Crippen molar-refractivity contribution < 1.29 is 0 Å². The van der Waals surface area contributed by atoms with Crippen LogP contribution in [0.3, 0.4) is 0 Å². The Morgan fingerprint density at radius 3 is 2.41 bits per heavy atom. The van der Waals surface area contributed by atoms with Gasteiger partial charge in [0.2, 0.25) is 0 Å². The van der Waals surface area contributed by atoms with Gasteiger partial charge in [-0.2, -0.15) is 0 Å². The summed E-state index contributed by atoms with van der Waals surface area (Å²) in [5.74, 6) is 1.24. The summed E-state index contributed by atoms with van der Waals surface area (Å²) in [5, 5.41) is 4.63. The van der Waals surface area contributed by atoms with Crippen LogP contribution >= 0.6 is 11.8 Å². The molecule has 0 aromatic heterocycles. The fourth-order valence-electron chi connectivity index (χ4n) is 2.02. The molecule has 0 spiro atoms. The fourth-order valence-corrected chi connectivity index (χ4v) is 2.87. The minimum Gasteiger partial charge on any atom is -0.365 e. The van der Waals surface area contributed by atoms with Crippen molar-refractivity contribution in [1.29, 1.82) is 0 Å². The van der Waals surface area contributed by atoms with E-state index in [4.69, 9.17) is 0 Å². The summed E-state index contributed by atoms with van der Waals surface area (Å²) in [4.78, 5) is 4.47. The highest BCUT2D eigenvalue weighted by Gasteiger charge is 2.03. The Morgan fingerprint density at radius 2 is 1.76 bits per heavy atom. The Kier molecular flexibility index (Phi) is 9.58. The van der Waals surface area contributed by atoms with Crippen molar-refractivity contribution in [1.82, 2.24) is 5.32 Å². The number of nitrogens with zero attached hydrogens (tertiary/aromatic N) is 1. The largest absolute Gasteiger partial charge is 0.365 e. The molecular weight excluding hydrogens is 228 g/mol. The van der Waals surface area contributed by atoms with Gasteiger partial charge in [-0.1, -0.05) is 63.6 Å². The molecule has 0 fully saturated rings. The molecule has 1 rings (SSSR count). The number of hydrogen-bond acceptors (Lipinski definition) is 3. The van der Waals surface area contributed by atoms with Gasteiger partial charge in [0.05, 0.1) is 0 Å². The maximum absolute atomic E-state index is 4.47. The molecule has 17 heavy (non-hydrogen) atoms. The Hall–Kier alpha value is -0.180. The Bertz CT molecular complexity index is 204. The van der Waals surface area contributed by atoms with E-state index >= 15 is 0 Å². The zero-order chi connectivity index (χ0) is 12.2. The van der Waals surface area contributed by atoms with Gasteiger partial charge in [-0.15, -0.1) is 0 Å². The van der Waals surface area contributed by atoms with Crippen LogP contribution in [0, 0.1) is 0 Å². The van der Waals surface area contributed by atoms with E-state index in [1.54, 1.807) is 0 Å². The number of thioether (sulfide) groups is 1. The summed E-state index contributed by atoms with van der Waals surface area (Å²) in [5.41, 5.74) is 0. The van der Waals surface area contributed by atoms with Crippen molar-refractivity contribution in [2.75, 3.05) is 18.8 Å². The zero-order valence-corrected chi connectivity index (χ0v) is 12.2. The summed E-state index contributed by atoms with van der Waals surface area (Å²) in [6, 6.07) is 0. The van der Waals surface area contributed by atoms with E-state index in [-0.39, 0.29) is 0 Å². The summed E-state index contributed by atoms with van der Waals surface area (Å²) in [7, 11) is 0. The van der Waals surface area contributed by atoms with E-state index in [1.165, 1.54) is 68.7 Å². The monoisotopic (exact) mass is 256 g/mol. The fraction of sp³-hybridized carbons (Fsp3) is 0.929. The average Bonchev–Trinajstić information content (AvgIpc) is 2.38. The van der Waals surface area contributed by atoms with Crippen molar-refractivity contribution in [2.24, 2.45) is 4.99 Å². The first kappa shape index (κ1) is 14.9. The van der Waals surface area contributed by atoms with E-state index in [9.17, 15) is 0 Å². The molecule has 0 unspecified atom stereocenters. The van der Waals surface area contributed by atoms with E-state index in [0.29, 0.717) is 0 Å². The number of unbranched alkanes of at least 4 members (excludes halogenated alkanes) is 7. The number of rotatable bonds is 9. The number of amidine groups is 1. The van der Waals surface area contributed by atoms with Gasteiger partial charge in [-0.25, -0.2) is 0 Å². The number of nitrogens with one attached hydrogen (secondary N) is 1. The van der Waals surface area contributed by atoms with Gasteiger partial charge in [0.25, 0.3) is 0 Å². The Labute approximate surface area is 111 Å². The van der Waals surface area contributed by atoms with Crippen LogP contribution in [0.2, 0.25) is 0 Å². The third-order valence-corrected chi connectivity index (χ3v) is 4.14. The summed E-state index contributed by atoms with van der Waals surface area (Å²) < 4.78 is 0. The second kappa shape index (κ2) is 10.9. The van der Waals surface area contributed by atoms with Crippen LogP contribution in [0.4, 0.5) is 0 Å². The lowest BCUT2D eigenvalue weighted by atomic mass is 10.1. The van der Waals surface area contributed by atoms with Gasteiger partial charge < -0.3 is 5.32 Å². The highest BCUT2D eigenvalue weighted by atomic mass is 32.2. The number of aliphatic imine (C=N–C) groups is 1. The van der Waals surface area contributed by atoms with Crippen molar-refractivity contribution in [3.63, 3.8) is 0 Å². The molecule has 0 saturated carbocycles. The zero-order valence-electron chi connectivity index (χ0n) is 11.3. The first-order valence-corrected chi connectivity index (χ1v) is 8.33. The van der Waals surface area contributed by atoms with Crippen LogP contribution in [0.5, 0.6) is 0 Å². The molecule has 1 N–H and O–H groups in total. The van der Waals surface area contributed by atoms with Gasteiger partial charge in [-0.3, -0.25) is 4.99 Å². The minimum atomic E-state index is 1.02. The van der Waals surface area contributed by atoms with Crippen LogP contribution in [0.15, 0.2) is 4.99 Å². The van der Waals surface area contributed by atoms with Gasteiger partial charge in [0.15, 0.2) is 5.17 Å². The van der Waals surface area contributed by atoms with Crippen LogP contribution in [0.25, 0.3) is 0 Å². The molecule has 1 heterocycles. The van der Waals surface area contributed by atoms with Gasteiger partial charge in [0.1, 0.15) is 0 Å². The Morgan fingerprint density at radius 1 is 1.06 bits per heavy atom. The lowest BCUT2D eigenvalue weighted by Gasteiger charge is -2.12. The maximum Gasteiger partial charge on any atom is 0.156 e. The van der Waals surface area contributed by atoms with Crippen molar-refractivity contribution in [3.8, 4) is 0 Å². The third-order valence-electron chi connectivity index (χ3n) is 3.10. The Balaban J connectivity index is 1.79. The highest BCUT2D eigenvalue weighted by molar-refractivity contribution is 8.13. The number of hydrogen-bond donors (Lipinski definition) is 1. The molecule has 1 aliphatic heterocycles. The molecule has 0 saturated heterocycles. The predicted molar refractivity (Wildman–Crippen MR) is 80.0 cm³/mol. The van der Waals surface area contributed by atoms with Gasteiger partial charge in [0, 0.05) is 18.8 Å². The summed E-state index contributed by atoms with van der Waals surface area (Å²) >= 11 is 1.88. The van der Waals surface area contributed by atoms with Crippen LogP contribution in [-0.2, 0) is 0 Å². The molecule has 2 nitrogen and oxygen atoms in total. The molecule has 1 aliphatic rings. The smallest absolute Gasteiger partial charge is 0.156 e. The van der Waals surface area contributed by atoms with E-state index in [0.717, 1.165) is 13.1 Å². The molecule has 0 aromatic carbocycles. The SMILES string of the molecule is CCCCCCCCCCNC1=NCCCS1. The molecule has 0 aliphatic carbocycles. The second-order valence-electron chi connectivity index (χ2n) is 4.79. The van der Waals surface area contributed by atoms with E-state index < -0.39 is 0 Å². The molecule has 0 aromatic rings. The van der Waals surface area contributed by atoms with Crippen molar-refractivity contribution >= 4 is 16.9 Å². The summed E-state index contributed by atoms with van der Waals surface area (Å²) in [6.07, 6.45) is 12.4. The topological polar surface area (TPSA) is 24.4 Å². The van der Waals surface area contributed by atoms with Crippen LogP contribution < -0.4 is 5.32 Å².